The van der Waals surface area contributed by atoms with Gasteiger partial charge in [-0.25, -0.2) is 0 Å². The molecule has 0 aliphatic heterocycles. The molecule has 0 aliphatic rings. The quantitative estimate of drug-likeness (QED) is 0.579. The Balaban J connectivity index is 2.51. The van der Waals surface area contributed by atoms with Gasteiger partial charge < -0.3 is 5.43 Å². The fraction of sp³-hybridized carbons (Fsp3) is 0.143. The first kappa shape index (κ1) is 10.1. The highest BCUT2D eigenvalue weighted by molar-refractivity contribution is 6.30. The lowest BCUT2D eigenvalue weighted by Gasteiger charge is -2.10. The van der Waals surface area contributed by atoms with Gasteiger partial charge in [0.1, 0.15) is 0 Å². The molecule has 6 heteroatoms. The van der Waals surface area contributed by atoms with Crippen molar-refractivity contribution < 1.29 is 13.2 Å². The average molecular weight is 211 g/mol. The highest BCUT2D eigenvalue weighted by atomic mass is 35.5. The topological polar surface area (TPSA) is 24.1 Å². The number of alkyl halides is 3. The minimum atomic E-state index is -4.44. The van der Waals surface area contributed by atoms with Gasteiger partial charge in [-0.15, -0.1) is 5.43 Å². The SMILES string of the molecule is FC(F)(F)NNc1ccc(Cl)cc1. The molecule has 1 aromatic rings. The number of nitrogens with one attached hydrogen (secondary N) is 2. The number of benzene rings is 1. The molecular formula is C7H6ClF3N2. The van der Waals surface area contributed by atoms with Crippen LogP contribution in [0.15, 0.2) is 24.3 Å². The van der Waals surface area contributed by atoms with Crippen LogP contribution in [0.3, 0.4) is 0 Å². The first-order chi connectivity index (χ1) is 5.97. The van der Waals surface area contributed by atoms with E-state index in [4.69, 9.17) is 11.6 Å². The minimum absolute atomic E-state index is 0.293. The monoisotopic (exact) mass is 210 g/mol. The lowest BCUT2D eigenvalue weighted by Crippen LogP contribution is -2.36. The van der Waals surface area contributed by atoms with Crippen molar-refractivity contribution in [2.24, 2.45) is 0 Å². The summed E-state index contributed by atoms with van der Waals surface area (Å²) in [6.45, 7) is 0. The smallest absolute Gasteiger partial charge is 0.314 e. The van der Waals surface area contributed by atoms with Gasteiger partial charge in [-0.1, -0.05) is 11.6 Å². The first-order valence-corrected chi connectivity index (χ1v) is 3.71. The molecule has 1 rings (SSSR count). The molecule has 13 heavy (non-hydrogen) atoms. The van der Waals surface area contributed by atoms with Crippen LogP contribution in [0.5, 0.6) is 0 Å². The maximum atomic E-state index is 11.6. The van der Waals surface area contributed by atoms with Crippen molar-refractivity contribution in [3.05, 3.63) is 29.3 Å². The summed E-state index contributed by atoms with van der Waals surface area (Å²) >= 11 is 5.53. The van der Waals surface area contributed by atoms with Gasteiger partial charge in [0.15, 0.2) is 0 Å². The lowest BCUT2D eigenvalue weighted by atomic mass is 10.3. The van der Waals surface area contributed by atoms with Crippen molar-refractivity contribution in [3.63, 3.8) is 0 Å². The first-order valence-electron chi connectivity index (χ1n) is 3.33. The predicted molar refractivity (Wildman–Crippen MR) is 44.3 cm³/mol. The summed E-state index contributed by atoms with van der Waals surface area (Å²) in [7, 11) is 0. The Morgan fingerprint density at radius 3 is 2.08 bits per heavy atom. The van der Waals surface area contributed by atoms with Crippen LogP contribution in [-0.4, -0.2) is 6.30 Å². The Bertz CT molecular complexity index is 270. The molecule has 0 spiro atoms. The van der Waals surface area contributed by atoms with Gasteiger partial charge in [0.2, 0.25) is 0 Å². The average Bonchev–Trinajstić information content (AvgIpc) is 2.02. The van der Waals surface area contributed by atoms with Crippen LogP contribution in [0.1, 0.15) is 0 Å². The van der Waals surface area contributed by atoms with Gasteiger partial charge >= 0.3 is 6.30 Å². The van der Waals surface area contributed by atoms with Gasteiger partial charge in [0, 0.05) is 10.7 Å². The molecule has 1 aromatic carbocycles. The van der Waals surface area contributed by atoms with Crippen molar-refractivity contribution in [1.29, 1.82) is 0 Å². The summed E-state index contributed by atoms with van der Waals surface area (Å²) in [5.74, 6) is 0. The normalized spacial score (nSPS) is 11.4. The van der Waals surface area contributed by atoms with E-state index in [1.165, 1.54) is 24.3 Å². The molecule has 0 heterocycles. The fourth-order valence-electron chi connectivity index (χ4n) is 0.676. The second kappa shape index (κ2) is 3.85. The molecule has 0 aromatic heterocycles. The third kappa shape index (κ3) is 4.00. The van der Waals surface area contributed by atoms with E-state index < -0.39 is 6.30 Å². The van der Waals surface area contributed by atoms with Gasteiger partial charge in [-0.05, 0) is 24.3 Å². The number of hydrogen-bond acceptors (Lipinski definition) is 2. The summed E-state index contributed by atoms with van der Waals surface area (Å²) in [5, 5.41) is 0.470. The van der Waals surface area contributed by atoms with Crippen LogP contribution in [0.2, 0.25) is 5.02 Å². The van der Waals surface area contributed by atoms with E-state index in [0.29, 0.717) is 10.7 Å². The summed E-state index contributed by atoms with van der Waals surface area (Å²) in [5.41, 5.74) is 3.44. The fourth-order valence-corrected chi connectivity index (χ4v) is 0.802. The molecule has 2 N–H and O–H groups in total. The molecule has 0 saturated carbocycles. The number of rotatable bonds is 2. The van der Waals surface area contributed by atoms with Crippen molar-refractivity contribution in [2.75, 3.05) is 5.43 Å². The third-order valence-corrected chi connectivity index (χ3v) is 1.44. The van der Waals surface area contributed by atoms with Gasteiger partial charge in [-0.3, -0.25) is 0 Å². The zero-order chi connectivity index (χ0) is 9.90. The Morgan fingerprint density at radius 2 is 1.62 bits per heavy atom. The largest absolute Gasteiger partial charge is 0.474 e. The van der Waals surface area contributed by atoms with E-state index in [0.717, 1.165) is 5.43 Å². The molecule has 72 valence electrons. The number of anilines is 1. The number of hydrazine groups is 1. The maximum absolute atomic E-state index is 11.6. The molecule has 0 saturated heterocycles. The zero-order valence-corrected chi connectivity index (χ0v) is 7.08. The minimum Gasteiger partial charge on any atom is -0.314 e. The standard InChI is InChI=1S/C7H6ClF3N2/c8-5-1-3-6(4-2-5)12-13-7(9,10)11/h1-4,12-13H. The summed E-state index contributed by atoms with van der Waals surface area (Å²) < 4.78 is 34.9. The van der Waals surface area contributed by atoms with Crippen molar-refractivity contribution in [1.82, 2.24) is 5.43 Å². The molecule has 0 radical (unpaired) electrons. The van der Waals surface area contributed by atoms with E-state index in [1.54, 1.807) is 0 Å². The van der Waals surface area contributed by atoms with E-state index in [9.17, 15) is 13.2 Å². The lowest BCUT2D eigenvalue weighted by molar-refractivity contribution is -0.151. The second-order valence-corrected chi connectivity index (χ2v) is 2.69. The van der Waals surface area contributed by atoms with Crippen LogP contribution in [0.4, 0.5) is 18.9 Å². The van der Waals surface area contributed by atoms with Crippen LogP contribution in [-0.2, 0) is 0 Å². The van der Waals surface area contributed by atoms with Gasteiger partial charge in [0.25, 0.3) is 0 Å². The molecule has 0 amide bonds. The molecule has 0 aliphatic carbocycles. The van der Waals surface area contributed by atoms with Crippen LogP contribution >= 0.6 is 11.6 Å². The van der Waals surface area contributed by atoms with Crippen LogP contribution in [0, 0.1) is 0 Å². The Kier molecular flexibility index (Phi) is 3.00. The highest BCUT2D eigenvalue weighted by Gasteiger charge is 2.26. The zero-order valence-electron chi connectivity index (χ0n) is 6.32. The molecular weight excluding hydrogens is 205 g/mol. The molecule has 0 fully saturated rings. The maximum Gasteiger partial charge on any atom is 0.474 e. The van der Waals surface area contributed by atoms with Crippen LogP contribution < -0.4 is 10.9 Å². The number of halogens is 4. The summed E-state index contributed by atoms with van der Waals surface area (Å²) in [6, 6.07) is 5.84. The Hall–Kier alpha value is -0.940. The molecule has 0 atom stereocenters. The second-order valence-electron chi connectivity index (χ2n) is 2.25. The van der Waals surface area contributed by atoms with Crippen molar-refractivity contribution in [2.45, 2.75) is 6.30 Å². The van der Waals surface area contributed by atoms with Crippen molar-refractivity contribution >= 4 is 17.3 Å². The Labute approximate surface area is 77.7 Å². The van der Waals surface area contributed by atoms with Crippen molar-refractivity contribution in [3.8, 4) is 0 Å². The third-order valence-electron chi connectivity index (χ3n) is 1.19. The number of hydrogen-bond donors (Lipinski definition) is 2. The summed E-state index contributed by atoms with van der Waals surface area (Å²) in [6.07, 6.45) is -4.44. The highest BCUT2D eigenvalue weighted by Crippen LogP contribution is 2.14. The Morgan fingerprint density at radius 1 is 1.08 bits per heavy atom. The molecule has 0 bridgehead atoms. The molecule has 0 unspecified atom stereocenters. The predicted octanol–water partition coefficient (Wildman–Crippen LogP) is 2.78. The van der Waals surface area contributed by atoms with Crippen LogP contribution in [0.25, 0.3) is 0 Å². The summed E-state index contributed by atoms with van der Waals surface area (Å²) in [4.78, 5) is 0. The molecule has 2 nitrogen and oxygen atoms in total. The van der Waals surface area contributed by atoms with Gasteiger partial charge in [0.05, 0.1) is 0 Å². The van der Waals surface area contributed by atoms with Gasteiger partial charge in [-0.2, -0.15) is 13.2 Å². The van der Waals surface area contributed by atoms with E-state index in [2.05, 4.69) is 0 Å². The van der Waals surface area contributed by atoms with E-state index >= 15 is 0 Å². The van der Waals surface area contributed by atoms with E-state index in [-0.39, 0.29) is 0 Å². The van der Waals surface area contributed by atoms with E-state index in [1.807, 2.05) is 5.43 Å².